The Kier molecular flexibility index (Phi) is 3.44. The van der Waals surface area contributed by atoms with Crippen molar-refractivity contribution in [1.82, 2.24) is 19.3 Å². The molecule has 4 aliphatic rings. The van der Waals surface area contributed by atoms with Gasteiger partial charge in [-0.2, -0.15) is 4.31 Å². The van der Waals surface area contributed by atoms with Gasteiger partial charge in [-0.15, -0.1) is 0 Å². The SMILES string of the molecule is CN(c1ncnc2[nH]ccc12)C1CC(CS(=O)(=O)N(C)C23CC(C2)C3)C1. The molecule has 4 saturated carbocycles. The molecule has 2 bridgehead atoms. The molecule has 7 nitrogen and oxygen atoms in total. The second-order valence-electron chi connectivity index (χ2n) is 8.49. The number of sulfonamides is 1. The first kappa shape index (κ1) is 16.5. The van der Waals surface area contributed by atoms with Crippen molar-refractivity contribution in [3.8, 4) is 0 Å². The molecule has 6 rings (SSSR count). The molecule has 140 valence electrons. The maximum absolute atomic E-state index is 12.8. The van der Waals surface area contributed by atoms with Gasteiger partial charge in [0.05, 0.1) is 11.1 Å². The molecule has 8 heteroatoms. The molecule has 26 heavy (non-hydrogen) atoms. The molecular weight excluding hydrogens is 350 g/mol. The van der Waals surface area contributed by atoms with Crippen LogP contribution in [0.3, 0.4) is 0 Å². The van der Waals surface area contributed by atoms with E-state index < -0.39 is 10.0 Å². The van der Waals surface area contributed by atoms with Crippen LogP contribution in [0.4, 0.5) is 5.82 Å². The van der Waals surface area contributed by atoms with Crippen molar-refractivity contribution in [2.24, 2.45) is 11.8 Å². The number of nitrogens with one attached hydrogen (secondary N) is 1. The summed E-state index contributed by atoms with van der Waals surface area (Å²) >= 11 is 0. The van der Waals surface area contributed by atoms with Crippen molar-refractivity contribution in [3.05, 3.63) is 18.6 Å². The van der Waals surface area contributed by atoms with E-state index >= 15 is 0 Å². The summed E-state index contributed by atoms with van der Waals surface area (Å²) in [4.78, 5) is 13.9. The summed E-state index contributed by atoms with van der Waals surface area (Å²) in [6.07, 6.45) is 8.44. The van der Waals surface area contributed by atoms with E-state index in [9.17, 15) is 8.42 Å². The highest BCUT2D eigenvalue weighted by Gasteiger charge is 2.61. The van der Waals surface area contributed by atoms with Crippen molar-refractivity contribution in [3.63, 3.8) is 0 Å². The van der Waals surface area contributed by atoms with Crippen LogP contribution in [0.25, 0.3) is 11.0 Å². The highest BCUT2D eigenvalue weighted by Crippen LogP contribution is 2.61. The van der Waals surface area contributed by atoms with Crippen LogP contribution in [0.2, 0.25) is 0 Å². The molecule has 2 heterocycles. The standard InChI is InChI=1S/C18H25N5O2S/c1-22(17-15-3-4-19-16(15)20-11-21-17)14-5-12(6-14)10-26(24,25)23(2)18-7-13(8-18)9-18/h3-4,11-14H,5-10H2,1-2H3,(H,19,20,21). The van der Waals surface area contributed by atoms with Crippen LogP contribution in [0.1, 0.15) is 32.1 Å². The van der Waals surface area contributed by atoms with Crippen LogP contribution in [0.15, 0.2) is 18.6 Å². The summed E-state index contributed by atoms with van der Waals surface area (Å²) in [7, 11) is 0.672. The summed E-state index contributed by atoms with van der Waals surface area (Å²) in [5, 5.41) is 1.01. The Balaban J connectivity index is 1.22. The Morgan fingerprint density at radius 2 is 1.96 bits per heavy atom. The summed E-state index contributed by atoms with van der Waals surface area (Å²) in [6.45, 7) is 0. The zero-order valence-electron chi connectivity index (χ0n) is 15.2. The van der Waals surface area contributed by atoms with E-state index in [0.717, 1.165) is 54.9 Å². The lowest BCUT2D eigenvalue weighted by Crippen LogP contribution is -2.68. The lowest BCUT2D eigenvalue weighted by Gasteiger charge is -2.65. The van der Waals surface area contributed by atoms with Crippen molar-refractivity contribution < 1.29 is 8.42 Å². The maximum Gasteiger partial charge on any atom is 0.214 e. The number of anilines is 1. The van der Waals surface area contributed by atoms with Crippen LogP contribution < -0.4 is 4.90 Å². The smallest absolute Gasteiger partial charge is 0.214 e. The van der Waals surface area contributed by atoms with Gasteiger partial charge in [0.2, 0.25) is 10.0 Å². The Morgan fingerprint density at radius 3 is 2.62 bits per heavy atom. The number of hydrogen-bond donors (Lipinski definition) is 1. The Hall–Kier alpha value is -1.67. The summed E-state index contributed by atoms with van der Waals surface area (Å²) in [5.74, 6) is 2.22. The minimum absolute atomic E-state index is 0.0235. The fourth-order valence-corrected chi connectivity index (χ4v) is 6.89. The average Bonchev–Trinajstić information content (AvgIpc) is 2.95. The number of H-pyrrole nitrogens is 1. The first-order chi connectivity index (χ1) is 12.4. The first-order valence-corrected chi connectivity index (χ1v) is 11.0. The second kappa shape index (κ2) is 5.42. The first-order valence-electron chi connectivity index (χ1n) is 9.36. The molecule has 0 spiro atoms. The lowest BCUT2D eigenvalue weighted by atomic mass is 9.50. The molecule has 0 aromatic carbocycles. The van der Waals surface area contributed by atoms with Gasteiger partial charge >= 0.3 is 0 Å². The highest BCUT2D eigenvalue weighted by atomic mass is 32.2. The van der Waals surface area contributed by atoms with E-state index in [1.807, 2.05) is 19.3 Å². The molecule has 0 amide bonds. The Bertz CT molecular complexity index is 932. The fraction of sp³-hybridized carbons (Fsp3) is 0.667. The van der Waals surface area contributed by atoms with E-state index in [0.29, 0.717) is 6.04 Å². The van der Waals surface area contributed by atoms with Gasteiger partial charge in [0.1, 0.15) is 17.8 Å². The quantitative estimate of drug-likeness (QED) is 0.835. The minimum atomic E-state index is -3.16. The van der Waals surface area contributed by atoms with Crippen molar-refractivity contribution in [2.45, 2.75) is 43.7 Å². The Morgan fingerprint density at radius 1 is 1.23 bits per heavy atom. The largest absolute Gasteiger partial charge is 0.356 e. The molecule has 0 unspecified atom stereocenters. The number of rotatable bonds is 6. The number of hydrogen-bond acceptors (Lipinski definition) is 5. The van der Waals surface area contributed by atoms with Crippen LogP contribution in [0, 0.1) is 11.8 Å². The predicted molar refractivity (Wildman–Crippen MR) is 100 cm³/mol. The molecule has 0 atom stereocenters. The van der Waals surface area contributed by atoms with E-state index in [1.165, 1.54) is 0 Å². The third kappa shape index (κ3) is 2.31. The monoisotopic (exact) mass is 375 g/mol. The van der Waals surface area contributed by atoms with Crippen LogP contribution in [0.5, 0.6) is 0 Å². The zero-order valence-corrected chi connectivity index (χ0v) is 16.0. The molecule has 0 saturated heterocycles. The Labute approximate surface area is 153 Å². The summed E-state index contributed by atoms with van der Waals surface area (Å²) in [5.41, 5.74) is 0.810. The number of aromatic nitrogens is 3. The van der Waals surface area contributed by atoms with Gasteiger partial charge in [-0.3, -0.25) is 0 Å². The molecule has 2 aromatic heterocycles. The number of fused-ring (bicyclic) bond motifs is 1. The minimum Gasteiger partial charge on any atom is -0.356 e. The highest BCUT2D eigenvalue weighted by molar-refractivity contribution is 7.89. The molecule has 2 aromatic rings. The van der Waals surface area contributed by atoms with Crippen LogP contribution in [-0.4, -0.2) is 59.1 Å². The van der Waals surface area contributed by atoms with E-state index in [2.05, 4.69) is 19.9 Å². The van der Waals surface area contributed by atoms with Gasteiger partial charge in [0, 0.05) is 31.9 Å². The van der Waals surface area contributed by atoms with Crippen LogP contribution in [-0.2, 0) is 10.0 Å². The van der Waals surface area contributed by atoms with E-state index in [-0.39, 0.29) is 17.2 Å². The third-order valence-electron chi connectivity index (χ3n) is 6.96. The summed E-state index contributed by atoms with van der Waals surface area (Å²) in [6, 6.07) is 2.32. The van der Waals surface area contributed by atoms with Crippen molar-refractivity contribution in [2.75, 3.05) is 24.7 Å². The molecule has 4 fully saturated rings. The molecule has 0 radical (unpaired) electrons. The normalized spacial score (nSPS) is 32.8. The number of nitrogens with zero attached hydrogens (tertiary/aromatic N) is 4. The molecule has 4 aliphatic carbocycles. The average molecular weight is 375 g/mol. The molecule has 0 aliphatic heterocycles. The van der Waals surface area contributed by atoms with E-state index in [4.69, 9.17) is 0 Å². The predicted octanol–water partition coefficient (Wildman–Crippen LogP) is 1.99. The zero-order chi connectivity index (χ0) is 18.1. The van der Waals surface area contributed by atoms with Gasteiger partial charge in [-0.25, -0.2) is 18.4 Å². The van der Waals surface area contributed by atoms with Gasteiger partial charge in [-0.1, -0.05) is 0 Å². The summed E-state index contributed by atoms with van der Waals surface area (Å²) < 4.78 is 27.2. The maximum atomic E-state index is 12.8. The van der Waals surface area contributed by atoms with Crippen molar-refractivity contribution >= 4 is 26.9 Å². The lowest BCUT2D eigenvalue weighted by molar-refractivity contribution is -0.0953. The molecule has 1 N–H and O–H groups in total. The molecular formula is C18H25N5O2S. The topological polar surface area (TPSA) is 82.2 Å². The van der Waals surface area contributed by atoms with Gasteiger partial charge in [0.25, 0.3) is 0 Å². The van der Waals surface area contributed by atoms with Crippen LogP contribution >= 0.6 is 0 Å². The second-order valence-corrected chi connectivity index (χ2v) is 10.5. The van der Waals surface area contributed by atoms with Gasteiger partial charge < -0.3 is 9.88 Å². The third-order valence-corrected chi connectivity index (χ3v) is 9.08. The number of aromatic amines is 1. The fourth-order valence-electron chi connectivity index (χ4n) is 4.99. The van der Waals surface area contributed by atoms with E-state index in [1.54, 1.807) is 17.7 Å². The van der Waals surface area contributed by atoms with Gasteiger partial charge in [0.15, 0.2) is 0 Å². The van der Waals surface area contributed by atoms with Crippen molar-refractivity contribution in [1.29, 1.82) is 0 Å². The van der Waals surface area contributed by atoms with Gasteiger partial charge in [-0.05, 0) is 50.0 Å².